The van der Waals surface area contributed by atoms with Gasteiger partial charge >= 0.3 is 0 Å². The fourth-order valence-electron chi connectivity index (χ4n) is 4.83. The Morgan fingerprint density at radius 1 is 1.17 bits per heavy atom. The molecule has 2 aromatic rings. The number of aromatic nitrogens is 2. The van der Waals surface area contributed by atoms with Crippen molar-refractivity contribution in [2.75, 3.05) is 31.6 Å². The number of morpholine rings is 1. The number of fused-ring (bicyclic) bond motifs is 2. The summed E-state index contributed by atoms with van der Waals surface area (Å²) in [7, 11) is 0. The Balaban J connectivity index is 1.46. The van der Waals surface area contributed by atoms with E-state index < -0.39 is 0 Å². The van der Waals surface area contributed by atoms with Gasteiger partial charge in [0.25, 0.3) is 0 Å². The average molecular weight is 391 g/mol. The first-order chi connectivity index (χ1) is 14.3. The molecule has 29 heavy (non-hydrogen) atoms. The number of carbonyl (C=O) groups excluding carboxylic acids is 1. The summed E-state index contributed by atoms with van der Waals surface area (Å²) in [4.78, 5) is 19.4. The zero-order valence-corrected chi connectivity index (χ0v) is 16.4. The maximum atomic E-state index is 11.8. The van der Waals surface area contributed by atoms with Crippen LogP contribution in [0.5, 0.6) is 0 Å². The van der Waals surface area contributed by atoms with E-state index in [0.717, 1.165) is 48.9 Å². The van der Waals surface area contributed by atoms with Crippen LogP contribution in [0.2, 0.25) is 0 Å². The van der Waals surface area contributed by atoms with Crippen LogP contribution in [0.25, 0.3) is 17.5 Å². The van der Waals surface area contributed by atoms with Crippen molar-refractivity contribution >= 4 is 17.8 Å². The van der Waals surface area contributed by atoms with Gasteiger partial charge in [0.05, 0.1) is 31.0 Å². The Labute approximate surface area is 169 Å². The smallest absolute Gasteiger partial charge is 0.228 e. The summed E-state index contributed by atoms with van der Waals surface area (Å²) in [5.41, 5.74) is 5.54. The molecule has 7 heteroatoms. The van der Waals surface area contributed by atoms with Gasteiger partial charge in [0, 0.05) is 42.7 Å². The number of benzene rings is 1. The van der Waals surface area contributed by atoms with Crippen molar-refractivity contribution in [2.45, 2.75) is 37.8 Å². The maximum Gasteiger partial charge on any atom is 0.228 e. The number of rotatable bonds is 3. The van der Waals surface area contributed by atoms with Crippen LogP contribution in [0, 0.1) is 0 Å². The van der Waals surface area contributed by atoms with E-state index in [1.54, 1.807) is 0 Å². The molecular formula is C22H25N5O2. The largest absolute Gasteiger partial charge is 0.379 e. The number of carbonyl (C=O) groups is 1. The van der Waals surface area contributed by atoms with Crippen molar-refractivity contribution in [3.8, 4) is 11.3 Å². The summed E-state index contributed by atoms with van der Waals surface area (Å²) >= 11 is 0. The molecule has 2 N–H and O–H groups in total. The fraction of sp³-hybridized carbons (Fsp3) is 0.455. The molecule has 0 bridgehead atoms. The molecule has 1 saturated carbocycles. The number of hydrogen-bond donors (Lipinski definition) is 2. The van der Waals surface area contributed by atoms with Crippen molar-refractivity contribution < 1.29 is 9.53 Å². The van der Waals surface area contributed by atoms with E-state index in [2.05, 4.69) is 38.4 Å². The van der Waals surface area contributed by atoms with Crippen molar-refractivity contribution in [1.82, 2.24) is 19.8 Å². The highest BCUT2D eigenvalue weighted by atomic mass is 16.5. The molecule has 1 unspecified atom stereocenters. The zero-order valence-electron chi connectivity index (χ0n) is 16.4. The van der Waals surface area contributed by atoms with Gasteiger partial charge in [-0.15, -0.1) is 0 Å². The number of hydrogen-bond acceptors (Lipinski definition) is 5. The fourth-order valence-corrected chi connectivity index (χ4v) is 4.83. The SMILES string of the molecule is O=C1Cc2cc(-c3c(C4CCC4)nc4n3C=CNC4N3CCOCC3)ccc2N1. The van der Waals surface area contributed by atoms with Crippen LogP contribution in [0.4, 0.5) is 5.69 Å². The topological polar surface area (TPSA) is 71.4 Å². The predicted molar refractivity (Wildman–Crippen MR) is 110 cm³/mol. The molecule has 7 nitrogen and oxygen atoms in total. The monoisotopic (exact) mass is 391 g/mol. The van der Waals surface area contributed by atoms with Gasteiger partial charge in [0.15, 0.2) is 5.82 Å². The summed E-state index contributed by atoms with van der Waals surface area (Å²) in [5.74, 6) is 1.65. The number of nitrogens with zero attached hydrogens (tertiary/aromatic N) is 3. The predicted octanol–water partition coefficient (Wildman–Crippen LogP) is 2.67. The summed E-state index contributed by atoms with van der Waals surface area (Å²) in [5, 5.41) is 6.45. The van der Waals surface area contributed by atoms with Crippen LogP contribution < -0.4 is 10.6 Å². The number of nitrogens with one attached hydrogen (secondary N) is 2. The van der Waals surface area contributed by atoms with Crippen molar-refractivity contribution in [1.29, 1.82) is 0 Å². The molecule has 1 aromatic heterocycles. The summed E-state index contributed by atoms with van der Waals surface area (Å²) in [6, 6.07) is 6.32. The lowest BCUT2D eigenvalue weighted by molar-refractivity contribution is -0.115. The third-order valence-electron chi connectivity index (χ3n) is 6.59. The standard InChI is InChI=1S/C22H25N5O2/c28-18-13-16-12-15(4-5-17(16)24-18)20-19(14-2-1-3-14)25-22-21(23-6-7-27(20)22)26-8-10-29-11-9-26/h4-7,12,14,21,23H,1-3,8-11,13H2,(H,24,28). The van der Waals surface area contributed by atoms with Gasteiger partial charge in [-0.3, -0.25) is 14.3 Å². The molecule has 2 fully saturated rings. The first kappa shape index (κ1) is 17.2. The molecule has 4 aliphatic rings. The Bertz CT molecular complexity index is 1000. The van der Waals surface area contributed by atoms with Gasteiger partial charge in [0.1, 0.15) is 6.17 Å². The lowest BCUT2D eigenvalue weighted by atomic mass is 9.81. The highest BCUT2D eigenvalue weighted by molar-refractivity contribution is 5.99. The molecule has 1 amide bonds. The number of amides is 1. The van der Waals surface area contributed by atoms with Crippen LogP contribution in [0.3, 0.4) is 0 Å². The summed E-state index contributed by atoms with van der Waals surface area (Å²) in [6.07, 6.45) is 8.32. The first-order valence-electron chi connectivity index (χ1n) is 10.6. The molecule has 1 saturated heterocycles. The Morgan fingerprint density at radius 3 is 2.83 bits per heavy atom. The van der Waals surface area contributed by atoms with Gasteiger partial charge in [-0.25, -0.2) is 4.98 Å². The van der Waals surface area contributed by atoms with Gasteiger partial charge in [-0.1, -0.05) is 12.5 Å². The second-order valence-corrected chi connectivity index (χ2v) is 8.33. The maximum absolute atomic E-state index is 11.8. The quantitative estimate of drug-likeness (QED) is 0.842. The molecule has 1 aromatic carbocycles. The van der Waals surface area contributed by atoms with Crippen molar-refractivity contribution in [2.24, 2.45) is 0 Å². The molecule has 1 atom stereocenters. The van der Waals surface area contributed by atoms with E-state index in [1.165, 1.54) is 30.7 Å². The van der Waals surface area contributed by atoms with Gasteiger partial charge in [-0.2, -0.15) is 0 Å². The van der Waals surface area contributed by atoms with Gasteiger partial charge in [0.2, 0.25) is 5.91 Å². The summed E-state index contributed by atoms with van der Waals surface area (Å²) in [6.45, 7) is 3.33. The Morgan fingerprint density at radius 2 is 2.03 bits per heavy atom. The van der Waals surface area contributed by atoms with E-state index in [0.29, 0.717) is 12.3 Å². The molecule has 150 valence electrons. The minimum atomic E-state index is 0.0640. The molecule has 0 radical (unpaired) electrons. The van der Waals surface area contributed by atoms with E-state index in [4.69, 9.17) is 9.72 Å². The Kier molecular flexibility index (Phi) is 3.99. The van der Waals surface area contributed by atoms with E-state index in [1.807, 2.05) is 12.3 Å². The third-order valence-corrected chi connectivity index (χ3v) is 6.59. The second kappa shape index (κ2) is 6.71. The molecule has 4 heterocycles. The van der Waals surface area contributed by atoms with Gasteiger partial charge < -0.3 is 15.4 Å². The third kappa shape index (κ3) is 2.80. The van der Waals surface area contributed by atoms with Crippen LogP contribution in [0.1, 0.15) is 48.4 Å². The van der Waals surface area contributed by atoms with E-state index >= 15 is 0 Å². The normalized spacial score (nSPS) is 23.9. The zero-order chi connectivity index (χ0) is 19.4. The summed E-state index contributed by atoms with van der Waals surface area (Å²) < 4.78 is 7.80. The molecular weight excluding hydrogens is 366 g/mol. The van der Waals surface area contributed by atoms with Gasteiger partial charge in [-0.05, 0) is 30.5 Å². The minimum absolute atomic E-state index is 0.0640. The van der Waals surface area contributed by atoms with Crippen LogP contribution in [-0.4, -0.2) is 46.7 Å². The van der Waals surface area contributed by atoms with Crippen LogP contribution in [-0.2, 0) is 16.0 Å². The highest BCUT2D eigenvalue weighted by Gasteiger charge is 2.34. The van der Waals surface area contributed by atoms with Crippen LogP contribution >= 0.6 is 0 Å². The second-order valence-electron chi connectivity index (χ2n) is 8.33. The van der Waals surface area contributed by atoms with E-state index in [-0.39, 0.29) is 12.1 Å². The minimum Gasteiger partial charge on any atom is -0.379 e. The number of imidazole rings is 1. The molecule has 1 aliphatic carbocycles. The van der Waals surface area contributed by atoms with Crippen LogP contribution in [0.15, 0.2) is 24.4 Å². The first-order valence-corrected chi connectivity index (χ1v) is 10.6. The molecule has 0 spiro atoms. The molecule has 3 aliphatic heterocycles. The van der Waals surface area contributed by atoms with Crippen molar-refractivity contribution in [3.63, 3.8) is 0 Å². The number of ether oxygens (including phenoxy) is 1. The lowest BCUT2D eigenvalue weighted by Crippen LogP contribution is -2.45. The van der Waals surface area contributed by atoms with Crippen molar-refractivity contribution in [3.05, 3.63) is 41.5 Å². The highest BCUT2D eigenvalue weighted by Crippen LogP contribution is 2.43. The average Bonchev–Trinajstić information content (AvgIpc) is 3.25. The molecule has 6 rings (SSSR count). The number of anilines is 1. The van der Waals surface area contributed by atoms with E-state index in [9.17, 15) is 4.79 Å². The lowest BCUT2D eigenvalue weighted by Gasteiger charge is -2.35. The Hall–Kier alpha value is -2.64.